The zero-order valence-corrected chi connectivity index (χ0v) is 10.6. The van der Waals surface area contributed by atoms with Gasteiger partial charge in [0.15, 0.2) is 0 Å². The summed E-state index contributed by atoms with van der Waals surface area (Å²) in [6.45, 7) is 7.31. The molecule has 0 amide bonds. The van der Waals surface area contributed by atoms with Crippen LogP contribution in [0.3, 0.4) is 0 Å². The smallest absolute Gasteiger partial charge is 0.224 e. The maximum Gasteiger partial charge on any atom is 0.224 e. The van der Waals surface area contributed by atoms with E-state index in [0.29, 0.717) is 5.92 Å². The first-order valence-corrected chi connectivity index (χ1v) is 5.76. The minimum absolute atomic E-state index is 0.155. The zero-order chi connectivity index (χ0) is 12.1. The van der Waals surface area contributed by atoms with Gasteiger partial charge in [0.1, 0.15) is 0 Å². The highest BCUT2D eigenvalue weighted by molar-refractivity contribution is 5.28. The first kappa shape index (κ1) is 12.9. The van der Waals surface area contributed by atoms with Crippen LogP contribution in [-0.4, -0.2) is 29.6 Å². The Labute approximate surface area is 97.9 Å². The third kappa shape index (κ3) is 4.14. The summed E-state index contributed by atoms with van der Waals surface area (Å²) >= 11 is 0. The van der Waals surface area contributed by atoms with E-state index in [9.17, 15) is 0 Å². The average molecular weight is 222 g/mol. The number of hydrogen-bond donors (Lipinski definition) is 1. The molecule has 2 N–H and O–H groups in total. The molecule has 0 aliphatic heterocycles. The lowest BCUT2D eigenvalue weighted by Crippen LogP contribution is -2.24. The first-order valence-electron chi connectivity index (χ1n) is 5.76. The van der Waals surface area contributed by atoms with Crippen molar-refractivity contribution in [1.82, 2.24) is 9.97 Å². The van der Waals surface area contributed by atoms with Crippen molar-refractivity contribution in [1.29, 1.82) is 0 Å². The van der Waals surface area contributed by atoms with E-state index in [0.717, 1.165) is 24.5 Å². The van der Waals surface area contributed by atoms with Crippen molar-refractivity contribution in [2.24, 2.45) is 11.7 Å². The topological polar surface area (TPSA) is 55.0 Å². The number of hydrogen-bond acceptors (Lipinski definition) is 4. The van der Waals surface area contributed by atoms with E-state index in [4.69, 9.17) is 5.73 Å². The highest BCUT2D eigenvalue weighted by Gasteiger charge is 2.06. The zero-order valence-electron chi connectivity index (χ0n) is 10.6. The Kier molecular flexibility index (Phi) is 4.68. The van der Waals surface area contributed by atoms with Crippen molar-refractivity contribution in [3.63, 3.8) is 0 Å². The summed E-state index contributed by atoms with van der Waals surface area (Å²) in [7, 11) is 2.01. The molecule has 90 valence electrons. The molecule has 0 radical (unpaired) electrons. The molecule has 1 rings (SSSR count). The molecule has 0 aliphatic rings. The molecule has 1 atom stereocenters. The maximum absolute atomic E-state index is 5.72. The maximum atomic E-state index is 5.72. The molecule has 16 heavy (non-hydrogen) atoms. The second-order valence-electron chi connectivity index (χ2n) is 4.85. The van der Waals surface area contributed by atoms with Gasteiger partial charge in [-0.3, -0.25) is 0 Å². The Morgan fingerprint density at radius 1 is 1.25 bits per heavy atom. The normalized spacial score (nSPS) is 12.9. The van der Waals surface area contributed by atoms with Gasteiger partial charge in [0.05, 0.1) is 0 Å². The molecule has 0 spiro atoms. The predicted octanol–water partition coefficient (Wildman–Crippen LogP) is 1.46. The summed E-state index contributed by atoms with van der Waals surface area (Å²) < 4.78 is 0. The molecule has 1 aromatic rings. The molecule has 0 saturated carbocycles. The molecular formula is C12H22N4. The van der Waals surface area contributed by atoms with Gasteiger partial charge in [-0.2, -0.15) is 0 Å². The van der Waals surface area contributed by atoms with Crippen molar-refractivity contribution >= 4 is 5.95 Å². The average Bonchev–Trinajstić information content (AvgIpc) is 2.16. The molecule has 1 unspecified atom stereocenters. The summed E-state index contributed by atoms with van der Waals surface area (Å²) in [5.74, 6) is 1.39. The van der Waals surface area contributed by atoms with Crippen LogP contribution in [0.4, 0.5) is 5.95 Å². The van der Waals surface area contributed by atoms with Crippen LogP contribution < -0.4 is 10.6 Å². The van der Waals surface area contributed by atoms with Crippen molar-refractivity contribution in [3.05, 3.63) is 18.0 Å². The Hall–Kier alpha value is -1.16. The second-order valence-corrected chi connectivity index (χ2v) is 4.85. The van der Waals surface area contributed by atoms with Crippen LogP contribution in [0.1, 0.15) is 26.3 Å². The van der Waals surface area contributed by atoms with Gasteiger partial charge >= 0.3 is 0 Å². The van der Waals surface area contributed by atoms with Gasteiger partial charge in [0.25, 0.3) is 0 Å². The molecule has 0 bridgehead atoms. The standard InChI is InChI=1S/C12H22N4/c1-9(2)8-16(4)12-14-6-11(7-15-12)5-10(3)13/h6-7,9-10H,5,8,13H2,1-4H3. The van der Waals surface area contributed by atoms with E-state index < -0.39 is 0 Å². The summed E-state index contributed by atoms with van der Waals surface area (Å²) in [6.07, 6.45) is 4.55. The van der Waals surface area contributed by atoms with Crippen LogP contribution in [0.15, 0.2) is 12.4 Å². The largest absolute Gasteiger partial charge is 0.344 e. The number of nitrogens with two attached hydrogens (primary N) is 1. The van der Waals surface area contributed by atoms with Crippen LogP contribution in [-0.2, 0) is 6.42 Å². The minimum Gasteiger partial charge on any atom is -0.344 e. The fraction of sp³-hybridized carbons (Fsp3) is 0.667. The van der Waals surface area contributed by atoms with Crippen molar-refractivity contribution in [3.8, 4) is 0 Å². The third-order valence-corrected chi connectivity index (χ3v) is 2.23. The van der Waals surface area contributed by atoms with E-state index >= 15 is 0 Å². The molecule has 1 aromatic heterocycles. The summed E-state index contributed by atoms with van der Waals surface area (Å²) in [5, 5.41) is 0. The number of nitrogens with zero attached hydrogens (tertiary/aromatic N) is 3. The Morgan fingerprint density at radius 3 is 2.25 bits per heavy atom. The molecule has 0 aliphatic carbocycles. The van der Waals surface area contributed by atoms with Crippen molar-refractivity contribution in [2.75, 3.05) is 18.5 Å². The van der Waals surface area contributed by atoms with Crippen molar-refractivity contribution < 1.29 is 0 Å². The Bertz CT molecular complexity index is 305. The molecule has 0 fully saturated rings. The summed E-state index contributed by atoms with van der Waals surface area (Å²) in [4.78, 5) is 10.8. The lowest BCUT2D eigenvalue weighted by molar-refractivity contribution is 0.629. The van der Waals surface area contributed by atoms with E-state index in [1.54, 1.807) is 0 Å². The SMILES string of the molecule is CC(C)CN(C)c1ncc(CC(C)N)cn1. The lowest BCUT2D eigenvalue weighted by atomic mass is 10.1. The van der Waals surface area contributed by atoms with Gasteiger partial charge in [-0.1, -0.05) is 13.8 Å². The van der Waals surface area contributed by atoms with Gasteiger partial charge < -0.3 is 10.6 Å². The molecule has 0 aromatic carbocycles. The summed E-state index contributed by atoms with van der Waals surface area (Å²) in [6, 6.07) is 0.155. The van der Waals surface area contributed by atoms with Gasteiger partial charge in [-0.05, 0) is 24.8 Å². The molecule has 1 heterocycles. The van der Waals surface area contributed by atoms with E-state index in [1.807, 2.05) is 26.4 Å². The lowest BCUT2D eigenvalue weighted by Gasteiger charge is -2.19. The van der Waals surface area contributed by atoms with Crippen LogP contribution in [0.25, 0.3) is 0 Å². The summed E-state index contributed by atoms with van der Waals surface area (Å²) in [5.41, 5.74) is 6.82. The van der Waals surface area contributed by atoms with Gasteiger partial charge in [-0.15, -0.1) is 0 Å². The third-order valence-electron chi connectivity index (χ3n) is 2.23. The number of aromatic nitrogens is 2. The monoisotopic (exact) mass is 222 g/mol. The van der Waals surface area contributed by atoms with Gasteiger partial charge in [0, 0.05) is 32.0 Å². The molecular weight excluding hydrogens is 200 g/mol. The predicted molar refractivity (Wildman–Crippen MR) is 67.5 cm³/mol. The van der Waals surface area contributed by atoms with Gasteiger partial charge in [-0.25, -0.2) is 9.97 Å². The first-order chi connectivity index (χ1) is 7.49. The van der Waals surface area contributed by atoms with Crippen molar-refractivity contribution in [2.45, 2.75) is 33.2 Å². The van der Waals surface area contributed by atoms with Crippen LogP contribution >= 0.6 is 0 Å². The van der Waals surface area contributed by atoms with Crippen LogP contribution in [0.2, 0.25) is 0 Å². The van der Waals surface area contributed by atoms with E-state index in [2.05, 4.69) is 28.7 Å². The van der Waals surface area contributed by atoms with E-state index in [-0.39, 0.29) is 6.04 Å². The van der Waals surface area contributed by atoms with Crippen LogP contribution in [0.5, 0.6) is 0 Å². The highest BCUT2D eigenvalue weighted by atomic mass is 15.2. The Morgan fingerprint density at radius 2 is 1.81 bits per heavy atom. The second kappa shape index (κ2) is 5.80. The fourth-order valence-corrected chi connectivity index (χ4v) is 1.65. The Balaban J connectivity index is 2.63. The molecule has 4 heteroatoms. The minimum atomic E-state index is 0.155. The fourth-order valence-electron chi connectivity index (χ4n) is 1.65. The molecule has 4 nitrogen and oxygen atoms in total. The van der Waals surface area contributed by atoms with Gasteiger partial charge in [0.2, 0.25) is 5.95 Å². The molecule has 0 saturated heterocycles. The quantitative estimate of drug-likeness (QED) is 0.819. The van der Waals surface area contributed by atoms with E-state index in [1.165, 1.54) is 0 Å². The number of anilines is 1. The van der Waals surface area contributed by atoms with Crippen LogP contribution in [0, 0.1) is 5.92 Å². The number of rotatable bonds is 5. The highest BCUT2D eigenvalue weighted by Crippen LogP contribution is 2.08.